The van der Waals surface area contributed by atoms with Crippen molar-refractivity contribution in [3.8, 4) is 0 Å². The predicted molar refractivity (Wildman–Crippen MR) is 204 cm³/mol. The highest BCUT2D eigenvalue weighted by molar-refractivity contribution is 7.83. The van der Waals surface area contributed by atoms with E-state index >= 15 is 0 Å². The van der Waals surface area contributed by atoms with Gasteiger partial charge in [0.1, 0.15) is 61.0 Å². The van der Waals surface area contributed by atoms with E-state index in [4.69, 9.17) is 32.8 Å². The summed E-state index contributed by atoms with van der Waals surface area (Å²) in [5.41, 5.74) is 0. The third-order valence-corrected chi connectivity index (χ3v) is 12.7. The van der Waals surface area contributed by atoms with Crippen LogP contribution in [0.3, 0.4) is 0 Å². The lowest BCUT2D eigenvalue weighted by atomic mass is 9.99. The van der Waals surface area contributed by atoms with Gasteiger partial charge in [-0.2, -0.15) is 84.2 Å². The molecule has 0 spiro atoms. The summed E-state index contributed by atoms with van der Waals surface area (Å²) in [6.45, 7) is -7.33. The summed E-state index contributed by atoms with van der Waals surface area (Å²) in [4.78, 5) is 0. The van der Waals surface area contributed by atoms with Crippen molar-refractivity contribution in [2.75, 3.05) is 26.4 Å². The molecule has 0 unspecified atom stereocenters. The Bertz CT molecular complexity index is 2880. The van der Waals surface area contributed by atoms with Crippen molar-refractivity contribution in [1.29, 1.82) is 0 Å². The Kier molecular flexibility index (Phi) is 21.5. The van der Waals surface area contributed by atoms with Gasteiger partial charge in [-0.3, -0.25) is 45.5 Å². The fraction of sp³-hybridized carbons (Fsp3) is 1.00. The molecule has 3 rings (SSSR count). The summed E-state index contributed by atoms with van der Waals surface area (Å²) in [6, 6.07) is 0. The fourth-order valence-corrected chi connectivity index (χ4v) is 10.7. The van der Waals surface area contributed by atoms with Crippen LogP contribution in [0.25, 0.3) is 0 Å². The van der Waals surface area contributed by atoms with Crippen molar-refractivity contribution >= 4 is 104 Å². The highest BCUT2D eigenvalue weighted by Crippen LogP contribution is 2.37. The van der Waals surface area contributed by atoms with Crippen LogP contribution in [0.2, 0.25) is 0 Å². The minimum Gasteiger partial charge on any atom is -0.364 e. The Labute approximate surface area is 409 Å². The van der Waals surface area contributed by atoms with Crippen molar-refractivity contribution in [3.63, 3.8) is 0 Å². The van der Waals surface area contributed by atoms with Crippen molar-refractivity contribution < 1.29 is 195 Å². The Hall–Kier alpha value is -1.50. The minimum atomic E-state index is -6.14. The van der Waals surface area contributed by atoms with E-state index in [1.54, 1.807) is 0 Å². The molecular formula is C18H32O45S10. The van der Waals surface area contributed by atoms with Gasteiger partial charge in [0.2, 0.25) is 0 Å². The number of rotatable bonds is 28. The van der Waals surface area contributed by atoms with E-state index in [2.05, 4.69) is 41.8 Å². The monoisotopic (exact) mass is 1290 g/mol. The van der Waals surface area contributed by atoms with Gasteiger partial charge in [-0.15, -0.1) is 0 Å². The first kappa shape index (κ1) is 65.8. The van der Waals surface area contributed by atoms with Gasteiger partial charge in [-0.25, -0.2) is 41.8 Å². The molecule has 3 heterocycles. The molecule has 10 N–H and O–H groups in total. The van der Waals surface area contributed by atoms with Crippen LogP contribution in [0.15, 0.2) is 0 Å². The van der Waals surface area contributed by atoms with Crippen LogP contribution >= 0.6 is 0 Å². The van der Waals surface area contributed by atoms with Crippen molar-refractivity contribution in [1.82, 2.24) is 0 Å². The molecule has 0 saturated carbocycles. The normalized spacial score (nSPS) is 31.9. The second-order valence-corrected chi connectivity index (χ2v) is 23.9. The first-order valence-electron chi connectivity index (χ1n) is 17.1. The van der Waals surface area contributed by atoms with Gasteiger partial charge in [0, 0.05) is 0 Å². The number of ether oxygens (including phenoxy) is 5. The van der Waals surface area contributed by atoms with Gasteiger partial charge in [0.15, 0.2) is 24.8 Å². The van der Waals surface area contributed by atoms with Crippen LogP contribution in [-0.4, -0.2) is 242 Å². The average Bonchev–Trinajstić information content (AvgIpc) is 3.40. The standard InChI is InChI=1S/C18H32O45S10/c19-64(20,21)51-3-7-11(58-68(31,32)33)13(60-70(37,38)39)15(62-72(43,44)45)17(54-7)49-1-5-9(56-66(25,26)27)10(57-67(28,29)30)6(53-5)2-50-18-16(63-73(46,47)48)14(61-71(40,41)42)12(59-69(34,35)36)8(55-18)4-52-65(22,23)24/h5-18H,1-4H2,(H,19,20,21)(H,22,23,24)(H,25,26,27)(H,28,29,30)(H,31,32,33)(H,34,35,36)(H,37,38,39)(H,40,41,42)(H,43,44,45)(H,46,47,48)/t5-,6-,7+,8+,9-,10-,11-,12-,13+,14+,15-,16-,17-,18-/m1/s1. The molecule has 0 radical (unpaired) electrons. The molecule has 0 bridgehead atoms. The molecule has 73 heavy (non-hydrogen) atoms. The molecule has 3 aliphatic heterocycles. The smallest absolute Gasteiger partial charge is 0.364 e. The van der Waals surface area contributed by atoms with E-state index in [0.29, 0.717) is 0 Å². The van der Waals surface area contributed by atoms with Crippen LogP contribution in [0.4, 0.5) is 0 Å². The van der Waals surface area contributed by atoms with E-state index in [9.17, 15) is 121 Å². The zero-order chi connectivity index (χ0) is 56.5. The summed E-state index contributed by atoms with van der Waals surface area (Å²) in [5.74, 6) is 0. The largest absolute Gasteiger partial charge is 0.397 e. The molecule has 3 fully saturated rings. The molecule has 0 amide bonds. The Morgan fingerprint density at radius 3 is 0.658 bits per heavy atom. The van der Waals surface area contributed by atoms with Gasteiger partial charge in [0.25, 0.3) is 0 Å². The Balaban J connectivity index is 2.22. The van der Waals surface area contributed by atoms with Crippen molar-refractivity contribution in [2.24, 2.45) is 0 Å². The first-order valence-corrected chi connectivity index (χ1v) is 30.7. The first-order chi connectivity index (χ1) is 32.4. The van der Waals surface area contributed by atoms with Gasteiger partial charge in [-0.05, 0) is 0 Å². The zero-order valence-corrected chi connectivity index (χ0v) is 41.9. The maximum atomic E-state index is 12.0. The van der Waals surface area contributed by atoms with Crippen LogP contribution in [0, 0.1) is 0 Å². The molecular weight excluding hydrogens is 1260 g/mol. The maximum absolute atomic E-state index is 12.0. The SMILES string of the molecule is O=S(=O)(O)OC[C@@H]1O[C@@H](OC[C@H]2O[C@H](CO[C@@H]3O[C@@H](COS(=O)(=O)O)[C@@H](OS(=O)(=O)O)[C@H](OS(=O)(=O)O)[C@H]3OS(=O)(=O)O)[C@@H](OS(=O)(=O)O)[C@@H]2OS(=O)(=O)O)[C@H](OS(=O)(=O)O)[C@@H](OS(=O)(=O)O)[C@@H]1OS(=O)(=O)O. The lowest BCUT2D eigenvalue weighted by molar-refractivity contribution is -0.296. The zero-order valence-electron chi connectivity index (χ0n) is 33.8. The Morgan fingerprint density at radius 2 is 0.438 bits per heavy atom. The van der Waals surface area contributed by atoms with E-state index < -0.39 is 216 Å². The molecule has 0 aromatic heterocycles. The van der Waals surface area contributed by atoms with Gasteiger partial charge < -0.3 is 23.7 Å². The van der Waals surface area contributed by atoms with E-state index in [0.717, 1.165) is 0 Å². The number of hydrogen-bond acceptors (Lipinski definition) is 35. The van der Waals surface area contributed by atoms with Crippen molar-refractivity contribution in [3.05, 3.63) is 0 Å². The maximum Gasteiger partial charge on any atom is 0.397 e. The lowest BCUT2D eigenvalue weighted by Crippen LogP contribution is -2.63. The molecule has 434 valence electrons. The molecule has 0 aliphatic carbocycles. The van der Waals surface area contributed by atoms with E-state index in [-0.39, 0.29) is 0 Å². The van der Waals surface area contributed by atoms with Gasteiger partial charge in [-0.1, -0.05) is 0 Å². The fourth-order valence-electron chi connectivity index (χ4n) is 6.06. The Morgan fingerprint density at radius 1 is 0.247 bits per heavy atom. The second-order valence-electron chi connectivity index (χ2n) is 13.3. The topological polar surface area (TPSA) is 682 Å². The molecule has 3 saturated heterocycles. The van der Waals surface area contributed by atoms with Gasteiger partial charge >= 0.3 is 104 Å². The molecule has 3 aliphatic rings. The highest BCUT2D eigenvalue weighted by Gasteiger charge is 2.58. The summed E-state index contributed by atoms with van der Waals surface area (Å²) in [6.07, 6.45) is -42.1. The summed E-state index contributed by atoms with van der Waals surface area (Å²) in [7, 11) is -60.1. The molecule has 0 aromatic rings. The van der Waals surface area contributed by atoms with Crippen LogP contribution in [0.5, 0.6) is 0 Å². The molecule has 55 heteroatoms. The van der Waals surface area contributed by atoms with E-state index in [1.165, 1.54) is 0 Å². The molecule has 14 atom stereocenters. The van der Waals surface area contributed by atoms with Crippen molar-refractivity contribution in [2.45, 2.75) is 85.8 Å². The summed E-state index contributed by atoms with van der Waals surface area (Å²) >= 11 is 0. The minimum absolute atomic E-state index is 1.80. The van der Waals surface area contributed by atoms with Crippen LogP contribution in [0.1, 0.15) is 0 Å². The predicted octanol–water partition coefficient (Wildman–Crippen LogP) is -8.62. The van der Waals surface area contributed by atoms with Crippen LogP contribution in [-0.2, 0) is 170 Å². The summed E-state index contributed by atoms with van der Waals surface area (Å²) in [5, 5.41) is 0. The van der Waals surface area contributed by atoms with E-state index in [1.807, 2.05) is 0 Å². The third kappa shape index (κ3) is 24.4. The molecule has 0 aromatic carbocycles. The molecule has 45 nitrogen and oxygen atoms in total. The summed E-state index contributed by atoms with van der Waals surface area (Å²) < 4.78 is 396. The third-order valence-electron chi connectivity index (χ3n) is 8.06. The second kappa shape index (κ2) is 23.8. The average molecular weight is 1290 g/mol. The van der Waals surface area contributed by atoms with Gasteiger partial charge in [0.05, 0.1) is 26.4 Å². The number of hydrogen-bond donors (Lipinski definition) is 10. The van der Waals surface area contributed by atoms with Crippen LogP contribution < -0.4 is 0 Å². The lowest BCUT2D eigenvalue weighted by Gasteiger charge is -2.43. The quantitative estimate of drug-likeness (QED) is 0.0325. The highest BCUT2D eigenvalue weighted by atomic mass is 32.3.